The number of H-pyrrole nitrogens is 1. The number of halogens is 1. The monoisotopic (exact) mass is 223 g/mol. The summed E-state index contributed by atoms with van der Waals surface area (Å²) in [7, 11) is 0. The van der Waals surface area contributed by atoms with Crippen LogP contribution >= 0.6 is 11.6 Å². The number of rotatable bonds is 1. The zero-order valence-electron chi connectivity index (χ0n) is 8.00. The molecule has 2 aliphatic rings. The third kappa shape index (κ3) is 1.52. The van der Waals surface area contributed by atoms with Crippen molar-refractivity contribution in [2.45, 2.75) is 24.5 Å². The average molecular weight is 224 g/mol. The number of nitrogens with one attached hydrogen (secondary N) is 1. The van der Waals surface area contributed by atoms with Crippen molar-refractivity contribution in [3.8, 4) is 0 Å². The van der Waals surface area contributed by atoms with Crippen LogP contribution in [0.5, 0.6) is 0 Å². The van der Waals surface area contributed by atoms with Gasteiger partial charge in [0.1, 0.15) is 6.10 Å². The molecule has 1 aliphatic heterocycles. The summed E-state index contributed by atoms with van der Waals surface area (Å²) >= 11 is 5.75. The number of aromatic nitrogens is 1. The first kappa shape index (κ1) is 9.19. The Balaban J connectivity index is 2.22. The maximum atomic E-state index is 11.7. The number of ether oxygens (including phenoxy) is 1. The van der Waals surface area contributed by atoms with Gasteiger partial charge in [-0.15, -0.1) is 0 Å². The van der Waals surface area contributed by atoms with E-state index in [1.807, 2.05) is 12.1 Å². The molecule has 0 aromatic carbocycles. The molecule has 0 saturated carbocycles. The summed E-state index contributed by atoms with van der Waals surface area (Å²) < 4.78 is 5.10. The number of epoxide rings is 1. The predicted molar refractivity (Wildman–Crippen MR) is 57.9 cm³/mol. The van der Waals surface area contributed by atoms with Gasteiger partial charge in [0.2, 0.25) is 0 Å². The normalized spacial score (nSPS) is 27.5. The summed E-state index contributed by atoms with van der Waals surface area (Å²) in [5.74, 6) is 0. The minimum Gasteiger partial charge on any atom is -0.347 e. The third-order valence-corrected chi connectivity index (χ3v) is 3.09. The summed E-state index contributed by atoms with van der Waals surface area (Å²) in [5.41, 5.74) is 0.213. The predicted octanol–water partition coefficient (Wildman–Crippen LogP) is 0.366. The highest BCUT2D eigenvalue weighted by atomic mass is 35.5. The van der Waals surface area contributed by atoms with E-state index in [0.29, 0.717) is 5.56 Å². The van der Waals surface area contributed by atoms with Gasteiger partial charge in [-0.3, -0.25) is 4.79 Å². The van der Waals surface area contributed by atoms with Crippen molar-refractivity contribution in [2.75, 3.05) is 0 Å². The number of hydrogen-bond donors (Lipinski definition) is 1. The summed E-state index contributed by atoms with van der Waals surface area (Å²) in [6, 6.07) is 1.89. The van der Waals surface area contributed by atoms with Crippen LogP contribution in [-0.2, 0) is 4.74 Å². The number of pyridine rings is 1. The highest BCUT2D eigenvalue weighted by molar-refractivity contribution is 6.21. The zero-order valence-corrected chi connectivity index (χ0v) is 8.75. The van der Waals surface area contributed by atoms with Gasteiger partial charge in [-0.1, -0.05) is 23.8 Å². The van der Waals surface area contributed by atoms with E-state index in [2.05, 4.69) is 11.1 Å². The smallest absolute Gasteiger partial charge is 0.254 e. The van der Waals surface area contributed by atoms with Crippen molar-refractivity contribution >= 4 is 23.8 Å². The molecule has 2 unspecified atom stereocenters. The maximum absolute atomic E-state index is 11.7. The van der Waals surface area contributed by atoms with Crippen LogP contribution in [0.3, 0.4) is 0 Å². The molecule has 3 nitrogen and oxygen atoms in total. The van der Waals surface area contributed by atoms with Gasteiger partial charge in [-0.05, 0) is 24.1 Å². The Kier molecular flexibility index (Phi) is 1.97. The molecule has 1 saturated heterocycles. The van der Waals surface area contributed by atoms with E-state index in [1.165, 1.54) is 0 Å². The molecule has 3 rings (SSSR count). The maximum Gasteiger partial charge on any atom is 0.254 e. The fourth-order valence-electron chi connectivity index (χ4n) is 1.90. The molecule has 2 atom stereocenters. The highest BCUT2D eigenvalue weighted by Gasteiger charge is 2.40. The Morgan fingerprint density at radius 1 is 1.40 bits per heavy atom. The molecular weight excluding hydrogens is 214 g/mol. The lowest BCUT2D eigenvalue weighted by Gasteiger charge is -2.01. The van der Waals surface area contributed by atoms with Crippen molar-refractivity contribution in [3.05, 3.63) is 32.6 Å². The summed E-state index contributed by atoms with van der Waals surface area (Å²) in [5, 5.41) is 2.00. The fourth-order valence-corrected chi connectivity index (χ4v) is 2.15. The number of alkyl halides is 1. The van der Waals surface area contributed by atoms with Gasteiger partial charge in [-0.2, -0.15) is 0 Å². The van der Waals surface area contributed by atoms with Gasteiger partial charge in [0, 0.05) is 5.35 Å². The lowest BCUT2D eigenvalue weighted by atomic mass is 10.1. The van der Waals surface area contributed by atoms with E-state index in [0.717, 1.165) is 23.4 Å². The van der Waals surface area contributed by atoms with Crippen LogP contribution in [-0.4, -0.2) is 10.5 Å². The van der Waals surface area contributed by atoms with E-state index in [-0.39, 0.29) is 17.2 Å². The zero-order chi connectivity index (χ0) is 10.4. The molecule has 1 fully saturated rings. The van der Waals surface area contributed by atoms with E-state index < -0.39 is 0 Å². The number of fused-ring (bicyclic) bond motifs is 1. The third-order valence-electron chi connectivity index (χ3n) is 2.76. The lowest BCUT2D eigenvalue weighted by Crippen LogP contribution is -2.37. The molecular formula is C11H10ClNO2. The van der Waals surface area contributed by atoms with Crippen molar-refractivity contribution in [3.63, 3.8) is 0 Å². The van der Waals surface area contributed by atoms with Crippen LogP contribution in [0, 0.1) is 0 Å². The topological polar surface area (TPSA) is 45.4 Å². The van der Waals surface area contributed by atoms with Crippen LogP contribution in [0.1, 0.15) is 24.5 Å². The summed E-state index contributed by atoms with van der Waals surface area (Å²) in [6.45, 7) is 0. The van der Waals surface area contributed by atoms with Crippen LogP contribution in [0.4, 0.5) is 0 Å². The minimum atomic E-state index is -0.336. The van der Waals surface area contributed by atoms with Crippen LogP contribution in [0.2, 0.25) is 0 Å². The first-order valence-electron chi connectivity index (χ1n) is 4.99. The van der Waals surface area contributed by atoms with E-state index in [1.54, 1.807) is 0 Å². The quantitative estimate of drug-likeness (QED) is 0.552. The second-order valence-electron chi connectivity index (χ2n) is 3.82. The first-order chi connectivity index (χ1) is 7.25. The second kappa shape index (κ2) is 3.22. The lowest BCUT2D eigenvalue weighted by molar-refractivity contribution is 0.403. The van der Waals surface area contributed by atoms with Crippen LogP contribution in [0.25, 0.3) is 12.2 Å². The van der Waals surface area contributed by atoms with Gasteiger partial charge < -0.3 is 9.72 Å². The van der Waals surface area contributed by atoms with Crippen LogP contribution < -0.4 is 16.1 Å². The van der Waals surface area contributed by atoms with E-state index in [9.17, 15) is 4.79 Å². The Morgan fingerprint density at radius 2 is 2.13 bits per heavy atom. The van der Waals surface area contributed by atoms with Gasteiger partial charge in [-0.25, -0.2) is 0 Å². The van der Waals surface area contributed by atoms with Crippen molar-refractivity contribution in [1.29, 1.82) is 0 Å². The van der Waals surface area contributed by atoms with Crippen molar-refractivity contribution < 1.29 is 4.74 Å². The van der Waals surface area contributed by atoms with Gasteiger partial charge >= 0.3 is 0 Å². The van der Waals surface area contributed by atoms with Crippen molar-refractivity contribution in [1.82, 2.24) is 4.98 Å². The molecule has 4 heteroatoms. The second-order valence-corrected chi connectivity index (χ2v) is 4.25. The Bertz CT molecular complexity index is 575. The summed E-state index contributed by atoms with van der Waals surface area (Å²) in [6.07, 6.45) is 5.96. The number of aromatic amines is 1. The van der Waals surface area contributed by atoms with E-state index >= 15 is 0 Å². The van der Waals surface area contributed by atoms with Crippen LogP contribution in [0.15, 0.2) is 10.9 Å². The largest absolute Gasteiger partial charge is 0.347 e. The first-order valence-corrected chi connectivity index (χ1v) is 5.42. The van der Waals surface area contributed by atoms with Gasteiger partial charge in [0.15, 0.2) is 5.56 Å². The highest BCUT2D eigenvalue weighted by Crippen LogP contribution is 2.39. The molecule has 0 bridgehead atoms. The molecule has 0 amide bonds. The number of hydrogen-bond acceptors (Lipinski definition) is 2. The molecule has 1 N–H and O–H groups in total. The Hall–Kier alpha value is -1.06. The molecule has 1 aromatic rings. The Morgan fingerprint density at radius 3 is 2.87 bits per heavy atom. The van der Waals surface area contributed by atoms with E-state index in [4.69, 9.17) is 16.3 Å². The molecule has 1 aromatic heterocycles. The molecule has 1 aliphatic carbocycles. The standard InChI is InChI=1S/C11H10ClNO2/c12-10-9(15-10)7-5-6-3-1-2-4-8(6)13-11(7)14/h3-5,9-10H,1-2H2,(H,13,14). The minimum absolute atomic E-state index is 0.0894. The fraction of sp³-hybridized carbons (Fsp3) is 0.364. The molecule has 78 valence electrons. The SMILES string of the molecule is O=c1[nH]c2c(cc1C1OC1Cl)=CCCC=2. The molecule has 2 heterocycles. The molecule has 0 spiro atoms. The van der Waals surface area contributed by atoms with Gasteiger partial charge in [0.05, 0.1) is 5.56 Å². The molecule has 0 radical (unpaired) electrons. The summed E-state index contributed by atoms with van der Waals surface area (Å²) in [4.78, 5) is 14.5. The van der Waals surface area contributed by atoms with Crippen molar-refractivity contribution in [2.24, 2.45) is 0 Å². The van der Waals surface area contributed by atoms with Gasteiger partial charge in [0.25, 0.3) is 5.56 Å². The molecule has 15 heavy (non-hydrogen) atoms. The average Bonchev–Trinajstić information content (AvgIpc) is 2.94. The Labute approximate surface area is 91.0 Å².